The summed E-state index contributed by atoms with van der Waals surface area (Å²) in [5.74, 6) is -0.168. The van der Waals surface area contributed by atoms with E-state index in [4.69, 9.17) is 0 Å². The molecule has 0 saturated carbocycles. The molecule has 1 aromatic rings. The van der Waals surface area contributed by atoms with Crippen molar-refractivity contribution in [2.75, 3.05) is 56.3 Å². The summed E-state index contributed by atoms with van der Waals surface area (Å²) in [6.07, 6.45) is 4.65. The standard InChI is InChI=1S/C20H30N4O4S/c1-21(19(25)15-23-12-4-5-13-23)16-8-10-17(11-9-16)24-14-6-7-18(20(24)26)22(2)29(3,27)28/h8-11,18H,4-7,12-15H2,1-3H3. The summed E-state index contributed by atoms with van der Waals surface area (Å²) in [6.45, 7) is 2.91. The maximum absolute atomic E-state index is 12.9. The molecular weight excluding hydrogens is 392 g/mol. The minimum atomic E-state index is -3.44. The second-order valence-electron chi connectivity index (χ2n) is 7.88. The van der Waals surface area contributed by atoms with Gasteiger partial charge in [0.25, 0.3) is 0 Å². The Labute approximate surface area is 173 Å². The molecule has 1 atom stereocenters. The number of benzene rings is 1. The fraction of sp³-hybridized carbons (Fsp3) is 0.600. The minimum absolute atomic E-state index is 0.0449. The Hall–Kier alpha value is -1.97. The van der Waals surface area contributed by atoms with Crippen LogP contribution in [0.5, 0.6) is 0 Å². The number of carbonyl (C=O) groups excluding carboxylic acids is 2. The third-order valence-corrected chi connectivity index (χ3v) is 7.15. The molecule has 2 saturated heterocycles. The molecular formula is C20H30N4O4S. The van der Waals surface area contributed by atoms with Gasteiger partial charge < -0.3 is 9.80 Å². The van der Waals surface area contributed by atoms with Crippen LogP contribution in [0.15, 0.2) is 24.3 Å². The lowest BCUT2D eigenvalue weighted by Gasteiger charge is -2.36. The highest BCUT2D eigenvalue weighted by molar-refractivity contribution is 7.88. The van der Waals surface area contributed by atoms with E-state index in [0.29, 0.717) is 25.2 Å². The zero-order chi connectivity index (χ0) is 21.2. The molecule has 2 aliphatic heterocycles. The van der Waals surface area contributed by atoms with Crippen molar-refractivity contribution in [3.8, 4) is 0 Å². The minimum Gasteiger partial charge on any atom is -0.314 e. The normalized spacial score (nSPS) is 21.0. The molecule has 0 spiro atoms. The molecule has 2 heterocycles. The molecule has 3 rings (SSSR count). The molecule has 9 heteroatoms. The SMILES string of the molecule is CN(C(=O)CN1CCCC1)c1ccc(N2CCCC(N(C)S(C)(=O)=O)C2=O)cc1. The highest BCUT2D eigenvalue weighted by Crippen LogP contribution is 2.26. The van der Waals surface area contributed by atoms with Gasteiger partial charge in [-0.25, -0.2) is 8.42 Å². The van der Waals surface area contributed by atoms with E-state index in [1.54, 1.807) is 16.8 Å². The van der Waals surface area contributed by atoms with Crippen molar-refractivity contribution in [3.05, 3.63) is 24.3 Å². The van der Waals surface area contributed by atoms with Crippen LogP contribution >= 0.6 is 0 Å². The zero-order valence-corrected chi connectivity index (χ0v) is 18.2. The Morgan fingerprint density at radius 1 is 1.07 bits per heavy atom. The molecule has 2 amide bonds. The summed E-state index contributed by atoms with van der Waals surface area (Å²) in [6, 6.07) is 6.61. The van der Waals surface area contributed by atoms with E-state index in [0.717, 1.165) is 48.6 Å². The number of piperidine rings is 1. The van der Waals surface area contributed by atoms with Gasteiger partial charge in [-0.15, -0.1) is 0 Å². The molecule has 0 N–H and O–H groups in total. The van der Waals surface area contributed by atoms with Gasteiger partial charge >= 0.3 is 0 Å². The van der Waals surface area contributed by atoms with Crippen LogP contribution in [0.25, 0.3) is 0 Å². The molecule has 0 bridgehead atoms. The number of likely N-dealkylation sites (tertiary alicyclic amines) is 1. The summed E-state index contributed by atoms with van der Waals surface area (Å²) in [5.41, 5.74) is 1.48. The van der Waals surface area contributed by atoms with E-state index in [1.807, 2.05) is 24.3 Å². The molecule has 0 aromatic heterocycles. The number of rotatable bonds is 6. The number of amides is 2. The zero-order valence-electron chi connectivity index (χ0n) is 17.4. The first-order chi connectivity index (χ1) is 13.7. The van der Waals surface area contributed by atoms with Crippen LogP contribution < -0.4 is 9.80 Å². The molecule has 1 unspecified atom stereocenters. The van der Waals surface area contributed by atoms with Crippen molar-refractivity contribution >= 4 is 33.2 Å². The van der Waals surface area contributed by atoms with Crippen molar-refractivity contribution in [3.63, 3.8) is 0 Å². The molecule has 1 aromatic carbocycles. The number of carbonyl (C=O) groups is 2. The Bertz CT molecular complexity index is 850. The van der Waals surface area contributed by atoms with E-state index >= 15 is 0 Å². The van der Waals surface area contributed by atoms with E-state index in [2.05, 4.69) is 4.90 Å². The van der Waals surface area contributed by atoms with E-state index in [9.17, 15) is 18.0 Å². The lowest BCUT2D eigenvalue weighted by molar-refractivity contribution is -0.123. The molecule has 2 fully saturated rings. The predicted molar refractivity (Wildman–Crippen MR) is 114 cm³/mol. The summed E-state index contributed by atoms with van der Waals surface area (Å²) in [7, 11) is -0.231. The number of likely N-dealkylation sites (N-methyl/N-ethyl adjacent to an activating group) is 2. The quantitative estimate of drug-likeness (QED) is 0.687. The lowest BCUT2D eigenvalue weighted by Crippen LogP contribution is -2.52. The van der Waals surface area contributed by atoms with Crippen LogP contribution in [0.3, 0.4) is 0 Å². The average Bonchev–Trinajstić information content (AvgIpc) is 3.19. The fourth-order valence-electron chi connectivity index (χ4n) is 3.92. The second kappa shape index (κ2) is 8.81. The van der Waals surface area contributed by atoms with Gasteiger partial charge in [-0.3, -0.25) is 14.5 Å². The van der Waals surface area contributed by atoms with Gasteiger partial charge in [0.15, 0.2) is 0 Å². The molecule has 29 heavy (non-hydrogen) atoms. The van der Waals surface area contributed by atoms with E-state index in [-0.39, 0.29) is 11.8 Å². The Kier molecular flexibility index (Phi) is 6.60. The van der Waals surface area contributed by atoms with Gasteiger partial charge in [-0.2, -0.15) is 4.31 Å². The van der Waals surface area contributed by atoms with Crippen molar-refractivity contribution < 1.29 is 18.0 Å². The lowest BCUT2D eigenvalue weighted by atomic mass is 10.0. The first-order valence-electron chi connectivity index (χ1n) is 10.0. The van der Waals surface area contributed by atoms with Crippen LogP contribution in [-0.2, 0) is 19.6 Å². The third kappa shape index (κ3) is 4.96. The number of hydrogen-bond acceptors (Lipinski definition) is 5. The van der Waals surface area contributed by atoms with Gasteiger partial charge in [0.2, 0.25) is 21.8 Å². The predicted octanol–water partition coefficient (Wildman–Crippen LogP) is 1.13. The molecule has 0 radical (unpaired) electrons. The maximum Gasteiger partial charge on any atom is 0.245 e. The monoisotopic (exact) mass is 422 g/mol. The highest BCUT2D eigenvalue weighted by atomic mass is 32.2. The van der Waals surface area contributed by atoms with Crippen LogP contribution in [-0.4, -0.2) is 82.0 Å². The largest absolute Gasteiger partial charge is 0.314 e. The van der Waals surface area contributed by atoms with Crippen molar-refractivity contribution in [1.82, 2.24) is 9.21 Å². The average molecular weight is 423 g/mol. The number of nitrogens with zero attached hydrogens (tertiary/aromatic N) is 4. The van der Waals surface area contributed by atoms with Gasteiger partial charge in [0, 0.05) is 32.0 Å². The Balaban J connectivity index is 1.68. The van der Waals surface area contributed by atoms with E-state index in [1.165, 1.54) is 7.05 Å². The van der Waals surface area contributed by atoms with E-state index < -0.39 is 16.1 Å². The Morgan fingerprint density at radius 3 is 2.28 bits per heavy atom. The van der Waals surface area contributed by atoms with Gasteiger partial charge in [0.1, 0.15) is 6.04 Å². The summed E-state index contributed by atoms with van der Waals surface area (Å²) < 4.78 is 24.8. The summed E-state index contributed by atoms with van der Waals surface area (Å²) in [5, 5.41) is 0. The van der Waals surface area contributed by atoms with Crippen molar-refractivity contribution in [2.24, 2.45) is 0 Å². The van der Waals surface area contributed by atoms with Gasteiger partial charge in [-0.1, -0.05) is 0 Å². The molecule has 2 aliphatic rings. The molecule has 0 aliphatic carbocycles. The topological polar surface area (TPSA) is 81.2 Å². The van der Waals surface area contributed by atoms with Crippen molar-refractivity contribution in [1.29, 1.82) is 0 Å². The second-order valence-corrected chi connectivity index (χ2v) is 9.92. The van der Waals surface area contributed by atoms with Crippen LogP contribution in [0.1, 0.15) is 25.7 Å². The first kappa shape index (κ1) is 21.7. The third-order valence-electron chi connectivity index (χ3n) is 5.85. The summed E-state index contributed by atoms with van der Waals surface area (Å²) in [4.78, 5) is 30.8. The molecule has 160 valence electrons. The Morgan fingerprint density at radius 2 is 1.69 bits per heavy atom. The number of anilines is 2. The molecule has 8 nitrogen and oxygen atoms in total. The van der Waals surface area contributed by atoms with Gasteiger partial charge in [-0.05, 0) is 63.0 Å². The van der Waals surface area contributed by atoms with Gasteiger partial charge in [0.05, 0.1) is 12.8 Å². The van der Waals surface area contributed by atoms with Crippen LogP contribution in [0, 0.1) is 0 Å². The smallest absolute Gasteiger partial charge is 0.245 e. The summed E-state index contributed by atoms with van der Waals surface area (Å²) >= 11 is 0. The van der Waals surface area contributed by atoms with Crippen LogP contribution in [0.2, 0.25) is 0 Å². The number of hydrogen-bond donors (Lipinski definition) is 0. The highest BCUT2D eigenvalue weighted by Gasteiger charge is 2.36. The number of sulfonamides is 1. The van der Waals surface area contributed by atoms with Crippen molar-refractivity contribution in [2.45, 2.75) is 31.7 Å². The maximum atomic E-state index is 12.9. The first-order valence-corrected chi connectivity index (χ1v) is 11.9. The fourth-order valence-corrected chi connectivity index (χ4v) is 4.58. The van der Waals surface area contributed by atoms with Crippen LogP contribution in [0.4, 0.5) is 11.4 Å².